The highest BCUT2D eigenvalue weighted by atomic mass is 32.2. The molecule has 28 heavy (non-hydrogen) atoms. The van der Waals surface area contributed by atoms with Crippen molar-refractivity contribution in [1.82, 2.24) is 4.72 Å². The lowest BCUT2D eigenvalue weighted by Crippen LogP contribution is -2.51. The van der Waals surface area contributed by atoms with Crippen molar-refractivity contribution in [3.8, 4) is 0 Å². The average Bonchev–Trinajstić information content (AvgIpc) is 2.61. The molecule has 0 bridgehead atoms. The summed E-state index contributed by atoms with van der Waals surface area (Å²) in [6.07, 6.45) is -1.02. The summed E-state index contributed by atoms with van der Waals surface area (Å²) in [5, 5.41) is 21.9. The van der Waals surface area contributed by atoms with E-state index in [1.54, 1.807) is 52.0 Å². The van der Waals surface area contributed by atoms with E-state index in [0.29, 0.717) is 5.56 Å². The van der Waals surface area contributed by atoms with Gasteiger partial charge < -0.3 is 9.66 Å². The SMILES string of the molecule is CC(C)(C)[S+]([O-])N[C@@](C)(C[C@H](O)c1ccccc1)c1cc([N+](=O)[O-])ccc1F. The molecule has 0 aliphatic rings. The predicted octanol–water partition coefficient (Wildman–Crippen LogP) is 4.12. The molecule has 2 aromatic rings. The lowest BCUT2D eigenvalue weighted by molar-refractivity contribution is -0.385. The summed E-state index contributed by atoms with van der Waals surface area (Å²) in [4.78, 5) is 10.6. The molecular weight excluding hydrogens is 383 g/mol. The molecule has 2 N–H and O–H groups in total. The molecule has 0 radical (unpaired) electrons. The zero-order valence-corrected chi connectivity index (χ0v) is 17.1. The molecule has 152 valence electrons. The number of halogens is 1. The third-order valence-electron chi connectivity index (χ3n) is 4.42. The van der Waals surface area contributed by atoms with E-state index in [1.165, 1.54) is 0 Å². The Labute approximate surface area is 167 Å². The first-order chi connectivity index (χ1) is 12.9. The van der Waals surface area contributed by atoms with Crippen molar-refractivity contribution in [2.24, 2.45) is 0 Å². The fourth-order valence-corrected chi connectivity index (χ4v) is 3.70. The van der Waals surface area contributed by atoms with Crippen LogP contribution in [0.4, 0.5) is 10.1 Å². The van der Waals surface area contributed by atoms with Gasteiger partial charge in [0.15, 0.2) is 0 Å². The number of hydrogen-bond donors (Lipinski definition) is 2. The normalized spacial score (nSPS) is 16.2. The van der Waals surface area contributed by atoms with Crippen LogP contribution < -0.4 is 4.72 Å². The molecule has 3 atom stereocenters. The van der Waals surface area contributed by atoms with Gasteiger partial charge in [-0.1, -0.05) is 30.3 Å². The van der Waals surface area contributed by atoms with Crippen LogP contribution in [0.15, 0.2) is 48.5 Å². The highest BCUT2D eigenvalue weighted by Gasteiger charge is 2.41. The van der Waals surface area contributed by atoms with Crippen LogP contribution in [0, 0.1) is 15.9 Å². The number of non-ortho nitro benzene ring substituents is 1. The van der Waals surface area contributed by atoms with Gasteiger partial charge in [0, 0.05) is 35.5 Å². The van der Waals surface area contributed by atoms with Crippen LogP contribution in [-0.2, 0) is 16.9 Å². The Morgan fingerprint density at radius 2 is 1.79 bits per heavy atom. The number of benzene rings is 2. The van der Waals surface area contributed by atoms with Gasteiger partial charge in [-0.15, -0.1) is 4.72 Å². The van der Waals surface area contributed by atoms with E-state index in [9.17, 15) is 24.2 Å². The number of aliphatic hydroxyl groups excluding tert-OH is 1. The Hall–Kier alpha value is -2.00. The molecule has 2 rings (SSSR count). The Balaban J connectivity index is 2.50. The van der Waals surface area contributed by atoms with E-state index in [-0.39, 0.29) is 17.7 Å². The maximum absolute atomic E-state index is 14.7. The zero-order valence-electron chi connectivity index (χ0n) is 16.3. The first-order valence-corrected chi connectivity index (χ1v) is 9.96. The van der Waals surface area contributed by atoms with E-state index < -0.39 is 38.5 Å². The molecule has 0 aliphatic carbocycles. The van der Waals surface area contributed by atoms with Gasteiger partial charge in [0.2, 0.25) is 0 Å². The summed E-state index contributed by atoms with van der Waals surface area (Å²) in [6.45, 7) is 6.86. The highest BCUT2D eigenvalue weighted by Crippen LogP contribution is 2.36. The van der Waals surface area contributed by atoms with Gasteiger partial charge in [-0.05, 0) is 39.3 Å². The second kappa shape index (κ2) is 8.57. The fourth-order valence-electron chi connectivity index (χ4n) is 2.79. The minimum Gasteiger partial charge on any atom is -0.598 e. The van der Waals surface area contributed by atoms with Crippen LogP contribution in [-0.4, -0.2) is 19.3 Å². The van der Waals surface area contributed by atoms with Crippen molar-refractivity contribution in [1.29, 1.82) is 0 Å². The number of nitrogens with one attached hydrogen (secondary N) is 1. The van der Waals surface area contributed by atoms with Crippen LogP contribution in [0.5, 0.6) is 0 Å². The number of rotatable bonds is 7. The largest absolute Gasteiger partial charge is 0.598 e. The van der Waals surface area contributed by atoms with Gasteiger partial charge in [0.05, 0.1) is 16.6 Å². The molecule has 0 aliphatic heterocycles. The van der Waals surface area contributed by atoms with Crippen molar-refractivity contribution in [2.75, 3.05) is 0 Å². The van der Waals surface area contributed by atoms with Crippen LogP contribution in [0.25, 0.3) is 0 Å². The van der Waals surface area contributed by atoms with E-state index in [4.69, 9.17) is 0 Å². The summed E-state index contributed by atoms with van der Waals surface area (Å²) in [6, 6.07) is 12.0. The van der Waals surface area contributed by atoms with Crippen molar-refractivity contribution in [2.45, 2.75) is 50.5 Å². The predicted molar refractivity (Wildman–Crippen MR) is 107 cm³/mol. The third-order valence-corrected chi connectivity index (χ3v) is 6.16. The molecule has 0 fully saturated rings. The highest BCUT2D eigenvalue weighted by molar-refractivity contribution is 7.90. The first-order valence-electron chi connectivity index (χ1n) is 8.81. The van der Waals surface area contributed by atoms with Gasteiger partial charge in [-0.25, -0.2) is 4.39 Å². The van der Waals surface area contributed by atoms with Gasteiger partial charge in [-0.2, -0.15) is 0 Å². The number of nitro groups is 1. The van der Waals surface area contributed by atoms with Gasteiger partial charge in [-0.3, -0.25) is 10.1 Å². The van der Waals surface area contributed by atoms with Gasteiger partial charge >= 0.3 is 0 Å². The Morgan fingerprint density at radius 1 is 1.18 bits per heavy atom. The van der Waals surface area contributed by atoms with Crippen molar-refractivity contribution in [3.05, 3.63) is 75.6 Å². The smallest absolute Gasteiger partial charge is 0.269 e. The number of nitro benzene ring substituents is 1. The molecule has 0 saturated carbocycles. The first kappa shape index (κ1) is 22.3. The minimum atomic E-state index is -1.60. The Morgan fingerprint density at radius 3 is 2.32 bits per heavy atom. The maximum Gasteiger partial charge on any atom is 0.269 e. The summed E-state index contributed by atoms with van der Waals surface area (Å²) < 4.78 is 29.7. The molecule has 1 unspecified atom stereocenters. The summed E-state index contributed by atoms with van der Waals surface area (Å²) in [5.41, 5.74) is -0.999. The quantitative estimate of drug-likeness (QED) is 0.408. The molecule has 2 aromatic carbocycles. The Bertz CT molecular complexity index is 829. The van der Waals surface area contributed by atoms with Crippen molar-refractivity contribution in [3.63, 3.8) is 0 Å². The molecule has 0 aromatic heterocycles. The average molecular weight is 408 g/mol. The summed E-state index contributed by atoms with van der Waals surface area (Å²) >= 11 is -1.60. The van der Waals surface area contributed by atoms with Gasteiger partial charge in [0.1, 0.15) is 10.6 Å². The number of nitrogens with zero attached hydrogens (tertiary/aromatic N) is 1. The third kappa shape index (κ3) is 5.29. The molecular formula is C20H25FN2O4S. The molecule has 0 heterocycles. The Kier molecular flexibility index (Phi) is 6.82. The zero-order chi connectivity index (χ0) is 21.1. The molecule has 0 spiro atoms. The van der Waals surface area contributed by atoms with E-state index >= 15 is 0 Å². The second-order valence-electron chi connectivity index (χ2n) is 7.87. The van der Waals surface area contributed by atoms with Crippen molar-refractivity contribution < 1.29 is 19.0 Å². The molecule has 8 heteroatoms. The molecule has 0 saturated heterocycles. The number of hydrogen-bond acceptors (Lipinski definition) is 5. The molecule has 6 nitrogen and oxygen atoms in total. The lowest BCUT2D eigenvalue weighted by atomic mass is 9.85. The number of aliphatic hydroxyl groups is 1. The lowest BCUT2D eigenvalue weighted by Gasteiger charge is -2.36. The summed E-state index contributed by atoms with van der Waals surface area (Å²) in [7, 11) is 0. The minimum absolute atomic E-state index is 0.0192. The standard InChI is InChI=1S/C20H25FN2O4S/c1-19(2,3)28(27)22-20(4,13-18(24)14-8-6-5-7-9-14)16-12-15(23(25)26)10-11-17(16)21/h5-12,18,22,24H,13H2,1-4H3/t18-,20-,28?/m0/s1. The van der Waals surface area contributed by atoms with Gasteiger partial charge in [0.25, 0.3) is 5.69 Å². The van der Waals surface area contributed by atoms with Crippen LogP contribution in [0.2, 0.25) is 0 Å². The monoisotopic (exact) mass is 408 g/mol. The summed E-state index contributed by atoms with van der Waals surface area (Å²) in [5.74, 6) is -0.674. The van der Waals surface area contributed by atoms with Crippen LogP contribution in [0.3, 0.4) is 0 Å². The topological polar surface area (TPSA) is 98.5 Å². The van der Waals surface area contributed by atoms with Crippen LogP contribution >= 0.6 is 0 Å². The fraction of sp³-hybridized carbons (Fsp3) is 0.400. The van der Waals surface area contributed by atoms with E-state index in [1.807, 2.05) is 6.07 Å². The van der Waals surface area contributed by atoms with Crippen molar-refractivity contribution >= 4 is 17.0 Å². The van der Waals surface area contributed by atoms with E-state index in [0.717, 1.165) is 18.2 Å². The maximum atomic E-state index is 14.7. The van der Waals surface area contributed by atoms with E-state index in [2.05, 4.69) is 4.72 Å². The second-order valence-corrected chi connectivity index (χ2v) is 9.83. The molecule has 0 amide bonds. The van der Waals surface area contributed by atoms with Crippen LogP contribution in [0.1, 0.15) is 51.3 Å².